The Hall–Kier alpha value is -2.50. The van der Waals surface area contributed by atoms with Crippen LogP contribution >= 0.6 is 0 Å². The quantitative estimate of drug-likeness (QED) is 0.808. The lowest BCUT2D eigenvalue weighted by Crippen LogP contribution is -2.39. The number of hydrogen-bond acceptors (Lipinski definition) is 2. The molecule has 2 heterocycles. The molecule has 1 aliphatic rings. The summed E-state index contributed by atoms with van der Waals surface area (Å²) in [4.78, 5) is 27.9. The van der Waals surface area contributed by atoms with E-state index in [1.165, 1.54) is 16.5 Å². The number of nitrogens with one attached hydrogen (secondary N) is 2. The fraction of sp³-hybridized carbons (Fsp3) is 0.412. The van der Waals surface area contributed by atoms with E-state index in [0.717, 1.165) is 11.9 Å². The number of aliphatic carboxylic acids is 1. The highest BCUT2D eigenvalue weighted by Crippen LogP contribution is 2.21. The number of para-hydroxylation sites is 1. The Morgan fingerprint density at radius 3 is 3.00 bits per heavy atom. The van der Waals surface area contributed by atoms with Gasteiger partial charge in [0.25, 0.3) is 0 Å². The standard InChI is InChI=1S/C17H21N3O3/c1-11-3-2-4-14-12(9-19-15(11)14)5-7-18-17(23)20-8-6-13(10-20)16(21)22/h2-4,9,13,19H,5-8,10H2,1H3,(H,18,23)(H,21,22). The zero-order valence-corrected chi connectivity index (χ0v) is 13.1. The largest absolute Gasteiger partial charge is 0.481 e. The summed E-state index contributed by atoms with van der Waals surface area (Å²) in [7, 11) is 0. The lowest BCUT2D eigenvalue weighted by atomic mass is 10.1. The number of aromatic nitrogens is 1. The maximum atomic E-state index is 12.1. The fourth-order valence-corrected chi connectivity index (χ4v) is 3.13. The molecule has 3 N–H and O–H groups in total. The molecule has 2 amide bonds. The Bertz CT molecular complexity index is 738. The Morgan fingerprint density at radius 2 is 2.26 bits per heavy atom. The van der Waals surface area contributed by atoms with Gasteiger partial charge >= 0.3 is 12.0 Å². The highest BCUT2D eigenvalue weighted by Gasteiger charge is 2.30. The minimum absolute atomic E-state index is 0.176. The molecule has 3 rings (SSSR count). The minimum Gasteiger partial charge on any atom is -0.481 e. The van der Waals surface area contributed by atoms with Crippen LogP contribution in [0.3, 0.4) is 0 Å². The van der Waals surface area contributed by atoms with Gasteiger partial charge in [-0.05, 0) is 30.9 Å². The van der Waals surface area contributed by atoms with E-state index in [4.69, 9.17) is 5.11 Å². The molecule has 1 aromatic carbocycles. The van der Waals surface area contributed by atoms with Crippen LogP contribution in [-0.4, -0.2) is 46.6 Å². The molecule has 1 fully saturated rings. The van der Waals surface area contributed by atoms with E-state index in [-0.39, 0.29) is 6.03 Å². The molecule has 0 radical (unpaired) electrons. The van der Waals surface area contributed by atoms with Crippen molar-refractivity contribution >= 4 is 22.9 Å². The summed E-state index contributed by atoms with van der Waals surface area (Å²) < 4.78 is 0. The molecule has 23 heavy (non-hydrogen) atoms. The van der Waals surface area contributed by atoms with E-state index in [1.807, 2.05) is 12.3 Å². The Labute approximate surface area is 134 Å². The number of fused-ring (bicyclic) bond motifs is 1. The maximum absolute atomic E-state index is 12.1. The van der Waals surface area contributed by atoms with Gasteiger partial charge in [0.15, 0.2) is 0 Å². The second-order valence-electron chi connectivity index (χ2n) is 6.06. The van der Waals surface area contributed by atoms with Crippen LogP contribution in [0, 0.1) is 12.8 Å². The average molecular weight is 315 g/mol. The van der Waals surface area contributed by atoms with E-state index >= 15 is 0 Å². The van der Waals surface area contributed by atoms with Gasteiger partial charge in [0.2, 0.25) is 0 Å². The van der Waals surface area contributed by atoms with Crippen molar-refractivity contribution in [2.75, 3.05) is 19.6 Å². The monoisotopic (exact) mass is 315 g/mol. The molecule has 1 unspecified atom stereocenters. The van der Waals surface area contributed by atoms with Crippen LogP contribution in [-0.2, 0) is 11.2 Å². The summed E-state index contributed by atoms with van der Waals surface area (Å²) in [6.07, 6.45) is 3.26. The SMILES string of the molecule is Cc1cccc2c(CCNC(=O)N3CCC(C(=O)O)C3)c[nH]c12. The topological polar surface area (TPSA) is 85.4 Å². The van der Waals surface area contributed by atoms with E-state index in [9.17, 15) is 9.59 Å². The molecule has 1 saturated heterocycles. The van der Waals surface area contributed by atoms with Crippen molar-refractivity contribution in [2.45, 2.75) is 19.8 Å². The maximum Gasteiger partial charge on any atom is 0.317 e. The number of nitrogens with zero attached hydrogens (tertiary/aromatic N) is 1. The summed E-state index contributed by atoms with van der Waals surface area (Å²) in [5.41, 5.74) is 3.51. The van der Waals surface area contributed by atoms with Gasteiger partial charge < -0.3 is 20.3 Å². The van der Waals surface area contributed by atoms with E-state index in [1.54, 1.807) is 4.90 Å². The smallest absolute Gasteiger partial charge is 0.317 e. The second kappa shape index (κ2) is 6.32. The molecule has 1 atom stereocenters. The number of hydrogen-bond donors (Lipinski definition) is 3. The molecule has 2 aromatic rings. The molecular weight excluding hydrogens is 294 g/mol. The third-order valence-electron chi connectivity index (χ3n) is 4.50. The van der Waals surface area contributed by atoms with Crippen LogP contribution in [0.4, 0.5) is 4.79 Å². The van der Waals surface area contributed by atoms with Crippen molar-refractivity contribution in [3.8, 4) is 0 Å². The third-order valence-corrected chi connectivity index (χ3v) is 4.50. The van der Waals surface area contributed by atoms with Crippen molar-refractivity contribution in [2.24, 2.45) is 5.92 Å². The van der Waals surface area contributed by atoms with Crippen LogP contribution in [0.5, 0.6) is 0 Å². The van der Waals surface area contributed by atoms with Gasteiger partial charge in [-0.25, -0.2) is 4.79 Å². The number of aryl methyl sites for hydroxylation is 1. The first-order valence-electron chi connectivity index (χ1n) is 7.87. The third kappa shape index (κ3) is 3.16. The van der Waals surface area contributed by atoms with Gasteiger partial charge in [0.05, 0.1) is 5.92 Å². The molecule has 1 aromatic heterocycles. The number of carbonyl (C=O) groups excluding carboxylic acids is 1. The predicted octanol–water partition coefficient (Wildman–Crippen LogP) is 2.13. The van der Waals surface area contributed by atoms with Crippen molar-refractivity contribution in [3.63, 3.8) is 0 Å². The molecule has 0 aliphatic carbocycles. The Kier molecular flexibility index (Phi) is 4.23. The highest BCUT2D eigenvalue weighted by atomic mass is 16.4. The van der Waals surface area contributed by atoms with Crippen LogP contribution < -0.4 is 5.32 Å². The Balaban J connectivity index is 1.54. The van der Waals surface area contributed by atoms with Gasteiger partial charge in [-0.3, -0.25) is 4.79 Å². The molecule has 0 bridgehead atoms. The first-order chi connectivity index (χ1) is 11.1. The van der Waals surface area contributed by atoms with Gasteiger partial charge in [-0.15, -0.1) is 0 Å². The van der Waals surface area contributed by atoms with Gasteiger partial charge in [0.1, 0.15) is 0 Å². The minimum atomic E-state index is -0.825. The van der Waals surface area contributed by atoms with Crippen LogP contribution in [0.25, 0.3) is 10.9 Å². The molecule has 6 nitrogen and oxygen atoms in total. The zero-order chi connectivity index (χ0) is 16.4. The van der Waals surface area contributed by atoms with E-state index in [2.05, 4.69) is 29.4 Å². The van der Waals surface area contributed by atoms with Gasteiger partial charge in [-0.2, -0.15) is 0 Å². The molecule has 0 saturated carbocycles. The van der Waals surface area contributed by atoms with Crippen LogP contribution in [0.1, 0.15) is 17.5 Å². The van der Waals surface area contributed by atoms with E-state index in [0.29, 0.717) is 26.1 Å². The summed E-state index contributed by atoms with van der Waals surface area (Å²) >= 11 is 0. The lowest BCUT2D eigenvalue weighted by Gasteiger charge is -2.16. The molecule has 122 valence electrons. The van der Waals surface area contributed by atoms with Crippen LogP contribution in [0.15, 0.2) is 24.4 Å². The van der Waals surface area contributed by atoms with Crippen molar-refractivity contribution in [3.05, 3.63) is 35.5 Å². The number of aromatic amines is 1. The number of carboxylic acid groups (broad SMARTS) is 1. The first-order valence-corrected chi connectivity index (χ1v) is 7.87. The predicted molar refractivity (Wildman–Crippen MR) is 87.5 cm³/mol. The first kappa shape index (κ1) is 15.4. The number of H-pyrrole nitrogens is 1. The summed E-state index contributed by atoms with van der Waals surface area (Å²) in [6, 6.07) is 6.00. The number of carboxylic acids is 1. The van der Waals surface area contributed by atoms with Crippen molar-refractivity contribution in [1.82, 2.24) is 15.2 Å². The molecule has 6 heteroatoms. The zero-order valence-electron chi connectivity index (χ0n) is 13.1. The number of rotatable bonds is 4. The van der Waals surface area contributed by atoms with Crippen LogP contribution in [0.2, 0.25) is 0 Å². The summed E-state index contributed by atoms with van der Waals surface area (Å²) in [5.74, 6) is -1.26. The second-order valence-corrected chi connectivity index (χ2v) is 6.06. The highest BCUT2D eigenvalue weighted by molar-refractivity contribution is 5.86. The lowest BCUT2D eigenvalue weighted by molar-refractivity contribution is -0.141. The average Bonchev–Trinajstić information content (AvgIpc) is 3.15. The summed E-state index contributed by atoms with van der Waals surface area (Å²) in [6.45, 7) is 3.41. The number of amides is 2. The van der Waals surface area contributed by atoms with E-state index < -0.39 is 11.9 Å². The van der Waals surface area contributed by atoms with Crippen molar-refractivity contribution in [1.29, 1.82) is 0 Å². The molecule has 1 aliphatic heterocycles. The van der Waals surface area contributed by atoms with Gasteiger partial charge in [-0.1, -0.05) is 18.2 Å². The summed E-state index contributed by atoms with van der Waals surface area (Å²) in [5, 5.41) is 13.0. The van der Waals surface area contributed by atoms with Gasteiger partial charge in [0, 0.05) is 36.7 Å². The Morgan fingerprint density at radius 1 is 1.43 bits per heavy atom. The normalized spacial score (nSPS) is 17.6. The fourth-order valence-electron chi connectivity index (χ4n) is 3.13. The number of carbonyl (C=O) groups is 2. The number of benzene rings is 1. The number of urea groups is 1. The molecule has 0 spiro atoms. The number of likely N-dealkylation sites (tertiary alicyclic amines) is 1. The van der Waals surface area contributed by atoms with Crippen molar-refractivity contribution < 1.29 is 14.7 Å². The molecular formula is C17H21N3O3.